The van der Waals surface area contributed by atoms with E-state index in [0.717, 1.165) is 17.2 Å². The Labute approximate surface area is 129 Å². The minimum absolute atomic E-state index is 0.512. The Bertz CT molecular complexity index is 758. The van der Waals surface area contributed by atoms with Crippen molar-refractivity contribution in [2.24, 2.45) is 0 Å². The van der Waals surface area contributed by atoms with Gasteiger partial charge in [-0.1, -0.05) is 30.3 Å². The van der Waals surface area contributed by atoms with Crippen LogP contribution in [0.3, 0.4) is 0 Å². The molecule has 0 unspecified atom stereocenters. The van der Waals surface area contributed by atoms with Crippen LogP contribution in [0, 0.1) is 0 Å². The third-order valence-corrected chi connectivity index (χ3v) is 3.34. The summed E-state index contributed by atoms with van der Waals surface area (Å²) >= 11 is 0. The number of nitrogens with two attached hydrogens (primary N) is 1. The van der Waals surface area contributed by atoms with Crippen molar-refractivity contribution in [1.82, 2.24) is 9.97 Å². The van der Waals surface area contributed by atoms with Gasteiger partial charge in [0, 0.05) is 18.9 Å². The first-order chi connectivity index (χ1) is 10.7. The molecule has 22 heavy (non-hydrogen) atoms. The molecule has 0 amide bonds. The van der Waals surface area contributed by atoms with Gasteiger partial charge in [-0.05, 0) is 30.3 Å². The molecule has 0 spiro atoms. The van der Waals surface area contributed by atoms with Gasteiger partial charge in [-0.25, -0.2) is 4.98 Å². The van der Waals surface area contributed by atoms with Crippen LogP contribution in [0.2, 0.25) is 0 Å². The highest BCUT2D eigenvalue weighted by Gasteiger charge is 2.07. The molecule has 0 aliphatic rings. The molecule has 1 heterocycles. The highest BCUT2D eigenvalue weighted by molar-refractivity contribution is 5.70. The van der Waals surface area contributed by atoms with Crippen LogP contribution in [-0.2, 0) is 0 Å². The van der Waals surface area contributed by atoms with Crippen molar-refractivity contribution in [2.45, 2.75) is 0 Å². The van der Waals surface area contributed by atoms with Gasteiger partial charge >= 0.3 is 0 Å². The van der Waals surface area contributed by atoms with E-state index >= 15 is 0 Å². The van der Waals surface area contributed by atoms with Crippen LogP contribution in [0.15, 0.2) is 66.9 Å². The fraction of sp³-hybridized carbons (Fsp3) is 0.0588. The Morgan fingerprint density at radius 2 is 1.68 bits per heavy atom. The number of para-hydroxylation sites is 3. The molecular weight excluding hydrogens is 274 g/mol. The van der Waals surface area contributed by atoms with Gasteiger partial charge in [-0.3, -0.25) is 0 Å². The summed E-state index contributed by atoms with van der Waals surface area (Å²) in [7, 11) is 1.97. The van der Waals surface area contributed by atoms with Crippen LogP contribution >= 0.6 is 0 Å². The second-order valence-electron chi connectivity index (χ2n) is 4.85. The van der Waals surface area contributed by atoms with E-state index in [1.54, 1.807) is 6.20 Å². The molecule has 0 bridgehead atoms. The van der Waals surface area contributed by atoms with Crippen LogP contribution in [0.25, 0.3) is 0 Å². The molecule has 0 atom stereocenters. The Kier molecular flexibility index (Phi) is 3.87. The van der Waals surface area contributed by atoms with Crippen molar-refractivity contribution < 1.29 is 0 Å². The van der Waals surface area contributed by atoms with Crippen LogP contribution in [-0.4, -0.2) is 17.0 Å². The van der Waals surface area contributed by atoms with Crippen molar-refractivity contribution in [1.29, 1.82) is 0 Å². The Hall–Kier alpha value is -3.08. The van der Waals surface area contributed by atoms with Crippen molar-refractivity contribution in [3.8, 4) is 0 Å². The highest BCUT2D eigenvalue weighted by atomic mass is 15.2. The molecule has 1 aromatic heterocycles. The van der Waals surface area contributed by atoms with Crippen molar-refractivity contribution in [3.05, 3.63) is 66.9 Å². The summed E-state index contributed by atoms with van der Waals surface area (Å²) in [6.07, 6.45) is 1.73. The lowest BCUT2D eigenvalue weighted by molar-refractivity contribution is 1.08. The number of nitrogens with zero attached hydrogens (tertiary/aromatic N) is 3. The number of benzene rings is 2. The summed E-state index contributed by atoms with van der Waals surface area (Å²) in [5.41, 5.74) is 8.44. The van der Waals surface area contributed by atoms with E-state index in [9.17, 15) is 0 Å². The summed E-state index contributed by atoms with van der Waals surface area (Å²) in [6.45, 7) is 0. The van der Waals surface area contributed by atoms with Gasteiger partial charge in [0.2, 0.25) is 5.95 Å². The van der Waals surface area contributed by atoms with Gasteiger partial charge in [0.15, 0.2) is 0 Å². The SMILES string of the molecule is CN(c1ccccc1)c1ccnc(Nc2ccccc2N)n1. The monoisotopic (exact) mass is 291 g/mol. The Morgan fingerprint density at radius 1 is 0.955 bits per heavy atom. The minimum Gasteiger partial charge on any atom is -0.397 e. The van der Waals surface area contributed by atoms with Crippen LogP contribution in [0.4, 0.5) is 28.8 Å². The number of hydrogen-bond donors (Lipinski definition) is 2. The fourth-order valence-corrected chi connectivity index (χ4v) is 2.11. The lowest BCUT2D eigenvalue weighted by Gasteiger charge is -2.18. The van der Waals surface area contributed by atoms with E-state index in [2.05, 4.69) is 15.3 Å². The number of nitrogen functional groups attached to an aromatic ring is 1. The molecule has 0 fully saturated rings. The van der Waals surface area contributed by atoms with E-state index in [-0.39, 0.29) is 0 Å². The molecule has 0 saturated heterocycles. The van der Waals surface area contributed by atoms with Crippen molar-refractivity contribution >= 4 is 28.8 Å². The van der Waals surface area contributed by atoms with Gasteiger partial charge in [0.1, 0.15) is 5.82 Å². The molecule has 110 valence electrons. The topological polar surface area (TPSA) is 67.1 Å². The lowest BCUT2D eigenvalue weighted by Crippen LogP contribution is -2.12. The standard InChI is InChI=1S/C17H17N5/c1-22(13-7-3-2-4-8-13)16-11-12-19-17(21-16)20-15-10-6-5-9-14(15)18/h2-12H,18H2,1H3,(H,19,20,21). The van der Waals surface area contributed by atoms with E-state index in [1.807, 2.05) is 72.6 Å². The molecule has 5 nitrogen and oxygen atoms in total. The minimum atomic E-state index is 0.512. The van der Waals surface area contributed by atoms with Gasteiger partial charge in [0.05, 0.1) is 11.4 Å². The smallest absolute Gasteiger partial charge is 0.229 e. The Morgan fingerprint density at radius 3 is 2.45 bits per heavy atom. The summed E-state index contributed by atoms with van der Waals surface area (Å²) in [4.78, 5) is 10.8. The normalized spacial score (nSPS) is 10.2. The molecule has 2 aromatic carbocycles. The predicted octanol–water partition coefficient (Wildman–Crippen LogP) is 3.57. The van der Waals surface area contributed by atoms with Gasteiger partial charge in [-0.15, -0.1) is 0 Å². The number of rotatable bonds is 4. The van der Waals surface area contributed by atoms with Gasteiger partial charge in [-0.2, -0.15) is 4.98 Å². The molecule has 0 radical (unpaired) electrons. The van der Waals surface area contributed by atoms with Crippen molar-refractivity contribution in [2.75, 3.05) is 23.0 Å². The summed E-state index contributed by atoms with van der Waals surface area (Å²) in [6, 6.07) is 19.5. The second kappa shape index (κ2) is 6.13. The Balaban J connectivity index is 1.85. The molecule has 0 aliphatic carbocycles. The van der Waals surface area contributed by atoms with Crippen LogP contribution in [0.1, 0.15) is 0 Å². The largest absolute Gasteiger partial charge is 0.397 e. The molecule has 3 N–H and O–H groups in total. The first-order valence-corrected chi connectivity index (χ1v) is 6.97. The van der Waals surface area contributed by atoms with E-state index < -0.39 is 0 Å². The molecule has 3 aromatic rings. The zero-order valence-electron chi connectivity index (χ0n) is 12.3. The number of nitrogens with one attached hydrogen (secondary N) is 1. The number of anilines is 5. The average Bonchev–Trinajstić information content (AvgIpc) is 2.57. The average molecular weight is 291 g/mol. The van der Waals surface area contributed by atoms with Crippen LogP contribution < -0.4 is 16.0 Å². The summed E-state index contributed by atoms with van der Waals surface area (Å²) < 4.78 is 0. The zero-order chi connectivity index (χ0) is 15.4. The van der Waals surface area contributed by atoms with Gasteiger partial charge < -0.3 is 16.0 Å². The first kappa shape index (κ1) is 13.9. The second-order valence-corrected chi connectivity index (χ2v) is 4.85. The quantitative estimate of drug-likeness (QED) is 0.719. The zero-order valence-corrected chi connectivity index (χ0v) is 12.3. The first-order valence-electron chi connectivity index (χ1n) is 6.97. The maximum Gasteiger partial charge on any atom is 0.229 e. The fourth-order valence-electron chi connectivity index (χ4n) is 2.11. The number of hydrogen-bond acceptors (Lipinski definition) is 5. The maximum atomic E-state index is 5.93. The van der Waals surface area contributed by atoms with E-state index in [0.29, 0.717) is 11.6 Å². The number of aromatic nitrogens is 2. The molecule has 5 heteroatoms. The van der Waals surface area contributed by atoms with Gasteiger partial charge in [0.25, 0.3) is 0 Å². The molecule has 0 aliphatic heterocycles. The predicted molar refractivity (Wildman–Crippen MR) is 90.7 cm³/mol. The third-order valence-electron chi connectivity index (χ3n) is 3.34. The summed E-state index contributed by atoms with van der Waals surface area (Å²) in [5.74, 6) is 1.32. The molecular formula is C17H17N5. The highest BCUT2D eigenvalue weighted by Crippen LogP contribution is 2.24. The summed E-state index contributed by atoms with van der Waals surface area (Å²) in [5, 5.41) is 3.15. The van der Waals surface area contributed by atoms with E-state index in [1.165, 1.54) is 0 Å². The molecule has 3 rings (SSSR count). The molecule has 0 saturated carbocycles. The lowest BCUT2D eigenvalue weighted by atomic mass is 10.3. The van der Waals surface area contributed by atoms with Crippen LogP contribution in [0.5, 0.6) is 0 Å². The third kappa shape index (κ3) is 2.98. The van der Waals surface area contributed by atoms with Crippen molar-refractivity contribution in [3.63, 3.8) is 0 Å². The maximum absolute atomic E-state index is 5.93. The van der Waals surface area contributed by atoms with E-state index in [4.69, 9.17) is 5.73 Å².